The normalized spacial score (nSPS) is 11.6. The molecule has 0 bridgehead atoms. The summed E-state index contributed by atoms with van der Waals surface area (Å²) in [7, 11) is 0. The van der Waals surface area contributed by atoms with Crippen LogP contribution in [0, 0.1) is 41.5 Å². The molecule has 0 saturated carbocycles. The third-order valence-electron chi connectivity index (χ3n) is 18.4. The molecule has 15 rings (SSSR count). The number of benzene rings is 15. The van der Waals surface area contributed by atoms with Gasteiger partial charge in [-0.05, 0) is 230 Å². The lowest BCUT2D eigenvalue weighted by atomic mass is 9.88. The maximum Gasteiger partial charge on any atom is 0.0540 e. The highest BCUT2D eigenvalue weighted by molar-refractivity contribution is 6.35. The van der Waals surface area contributed by atoms with Gasteiger partial charge in [0.05, 0.1) is 11.4 Å². The van der Waals surface area contributed by atoms with Gasteiger partial charge in [-0.25, -0.2) is 0 Å². The van der Waals surface area contributed by atoms with E-state index in [1.165, 1.54) is 76.5 Å². The van der Waals surface area contributed by atoms with E-state index in [4.69, 9.17) is 0 Å². The van der Waals surface area contributed by atoms with Crippen LogP contribution in [0.25, 0.3) is 67.4 Å². The van der Waals surface area contributed by atoms with E-state index < -0.39 is 0 Å². The second-order valence-corrected chi connectivity index (χ2v) is 25.1. The maximum atomic E-state index is 2.42. The lowest BCUT2D eigenvalue weighted by molar-refractivity contribution is 1.27. The molecule has 15 aromatic rings. The molecule has 0 amide bonds. The molecule has 0 radical (unpaired) electrons. The van der Waals surface area contributed by atoms with Crippen LogP contribution >= 0.6 is 0 Å². The van der Waals surface area contributed by atoms with Crippen LogP contribution in [0.3, 0.4) is 0 Å². The predicted octanol–water partition coefficient (Wildman–Crippen LogP) is 25.8. The standard InChI is InChI=1S/C90H72N4/c1-61-13-37-71(38-14-61)91(72-39-15-62(2)16-40-72)75-49-29-67(30-50-75)25-27-69-33-53-79(54-34-69)93(77-45-21-65(5)22-46-77)87-59-57-83-84-58-60-88(86-12-8-10-82(90(84)86)81-9-7-11-85(87)89(81)83)94(78-47-23-66(6)24-48-78)80-55-35-70(36-56-80)28-26-68-31-51-76(52-32-68)92(73-41-17-63(3)18-42-73)74-43-19-64(4)20-44-74/h7-60H,1-6H3. The lowest BCUT2D eigenvalue weighted by Gasteiger charge is -2.29. The first kappa shape index (κ1) is 58.6. The van der Waals surface area contributed by atoms with Crippen molar-refractivity contribution < 1.29 is 0 Å². The van der Waals surface area contributed by atoms with Gasteiger partial charge in [-0.3, -0.25) is 0 Å². The minimum absolute atomic E-state index is 1.09. The van der Waals surface area contributed by atoms with Crippen molar-refractivity contribution in [3.63, 3.8) is 0 Å². The summed E-state index contributed by atoms with van der Waals surface area (Å²) >= 11 is 0. The van der Waals surface area contributed by atoms with Gasteiger partial charge in [-0.1, -0.05) is 228 Å². The Kier molecular flexibility index (Phi) is 15.7. The topological polar surface area (TPSA) is 13.0 Å². The summed E-state index contributed by atoms with van der Waals surface area (Å²) in [5.74, 6) is 0. The molecule has 94 heavy (non-hydrogen) atoms. The number of anilines is 12. The van der Waals surface area contributed by atoms with E-state index in [0.717, 1.165) is 90.5 Å². The summed E-state index contributed by atoms with van der Waals surface area (Å²) in [6, 6.07) is 112. The van der Waals surface area contributed by atoms with E-state index in [1.807, 2.05) is 0 Å². The number of fused-ring (bicyclic) bond motifs is 2. The average molecular weight is 1210 g/mol. The van der Waals surface area contributed by atoms with E-state index >= 15 is 0 Å². The van der Waals surface area contributed by atoms with E-state index in [1.54, 1.807) is 0 Å². The Balaban J connectivity index is 0.737. The molecule has 4 heteroatoms. The minimum atomic E-state index is 1.09. The van der Waals surface area contributed by atoms with Crippen LogP contribution in [0.1, 0.15) is 55.6 Å². The Morgan fingerprint density at radius 3 is 0.574 bits per heavy atom. The molecule has 4 nitrogen and oxygen atoms in total. The van der Waals surface area contributed by atoms with Crippen LogP contribution in [0.15, 0.2) is 303 Å². The summed E-state index contributed by atoms with van der Waals surface area (Å²) < 4.78 is 0. The molecule has 0 aliphatic rings. The monoisotopic (exact) mass is 1210 g/mol. The van der Waals surface area contributed by atoms with Crippen molar-refractivity contribution >= 4 is 136 Å². The van der Waals surface area contributed by atoms with Gasteiger partial charge in [-0.15, -0.1) is 0 Å². The number of hydrogen-bond acceptors (Lipinski definition) is 4. The fourth-order valence-corrected chi connectivity index (χ4v) is 13.3. The Morgan fingerprint density at radius 1 is 0.170 bits per heavy atom. The van der Waals surface area contributed by atoms with E-state index in [2.05, 4.69) is 389 Å². The van der Waals surface area contributed by atoms with E-state index in [9.17, 15) is 0 Å². The molecule has 0 N–H and O–H groups in total. The number of rotatable bonds is 16. The van der Waals surface area contributed by atoms with Crippen LogP contribution in [0.5, 0.6) is 0 Å². The molecule has 0 aromatic heterocycles. The number of aryl methyl sites for hydroxylation is 6. The van der Waals surface area contributed by atoms with E-state index in [0.29, 0.717) is 0 Å². The molecule has 0 aliphatic heterocycles. The van der Waals surface area contributed by atoms with Gasteiger partial charge in [0.25, 0.3) is 0 Å². The Hall–Kier alpha value is -11.7. The van der Waals surface area contributed by atoms with Crippen molar-refractivity contribution in [1.29, 1.82) is 0 Å². The highest BCUT2D eigenvalue weighted by atomic mass is 15.2. The maximum absolute atomic E-state index is 2.42. The van der Waals surface area contributed by atoms with Crippen molar-refractivity contribution in [2.45, 2.75) is 41.5 Å². The largest absolute Gasteiger partial charge is 0.311 e. The lowest BCUT2D eigenvalue weighted by Crippen LogP contribution is -2.11. The van der Waals surface area contributed by atoms with Gasteiger partial charge in [0.15, 0.2) is 0 Å². The second-order valence-electron chi connectivity index (χ2n) is 25.1. The van der Waals surface area contributed by atoms with E-state index in [-0.39, 0.29) is 0 Å². The highest BCUT2D eigenvalue weighted by Gasteiger charge is 2.23. The van der Waals surface area contributed by atoms with Crippen molar-refractivity contribution in [3.05, 3.63) is 359 Å². The first-order valence-electron chi connectivity index (χ1n) is 32.5. The molecular weight excluding hydrogens is 1140 g/mol. The van der Waals surface area contributed by atoms with Crippen LogP contribution in [0.2, 0.25) is 0 Å². The van der Waals surface area contributed by atoms with Gasteiger partial charge in [0.2, 0.25) is 0 Å². The average Bonchev–Trinajstić information content (AvgIpc) is 0.710. The molecule has 0 spiro atoms. The smallest absolute Gasteiger partial charge is 0.0540 e. The summed E-state index contributed by atoms with van der Waals surface area (Å²) in [5.41, 5.74) is 25.3. The first-order chi connectivity index (χ1) is 46.0. The van der Waals surface area contributed by atoms with Gasteiger partial charge >= 0.3 is 0 Å². The first-order valence-corrected chi connectivity index (χ1v) is 32.5. The highest BCUT2D eigenvalue weighted by Crippen LogP contribution is 2.49. The minimum Gasteiger partial charge on any atom is -0.311 e. The summed E-state index contributed by atoms with van der Waals surface area (Å²) in [6.07, 6.45) is 8.83. The number of hydrogen-bond donors (Lipinski definition) is 0. The molecule has 0 heterocycles. The Morgan fingerprint density at radius 2 is 0.351 bits per heavy atom. The van der Waals surface area contributed by atoms with Crippen LogP contribution in [-0.2, 0) is 0 Å². The van der Waals surface area contributed by atoms with Crippen LogP contribution in [-0.4, -0.2) is 0 Å². The van der Waals surface area contributed by atoms with Crippen molar-refractivity contribution in [2.24, 2.45) is 0 Å². The van der Waals surface area contributed by atoms with Gasteiger partial charge in [0, 0.05) is 67.6 Å². The summed E-state index contributed by atoms with van der Waals surface area (Å²) in [4.78, 5) is 9.48. The molecule has 452 valence electrons. The SMILES string of the molecule is Cc1ccc(N(c2ccc(C)cc2)c2ccc(C=Cc3ccc(N(c4ccc(C)cc4)c4ccc5c6ccc(N(c7ccc(C)cc7)c7ccc(C=Cc8ccc(N(c9ccc(C)cc9)c9ccc(C)cc9)cc8)cc7)c7cccc(c8cccc4c85)c76)cc3)cc2)cc1. The molecule has 15 aromatic carbocycles. The molecule has 0 unspecified atom stereocenters. The Labute approximate surface area is 552 Å². The van der Waals surface area contributed by atoms with Gasteiger partial charge < -0.3 is 19.6 Å². The Bertz CT molecular complexity index is 4780. The van der Waals surface area contributed by atoms with Crippen molar-refractivity contribution in [2.75, 3.05) is 19.6 Å². The fraction of sp³-hybridized carbons (Fsp3) is 0.0667. The summed E-state index contributed by atoms with van der Waals surface area (Å²) in [6.45, 7) is 12.8. The van der Waals surface area contributed by atoms with Gasteiger partial charge in [0.1, 0.15) is 0 Å². The van der Waals surface area contributed by atoms with Crippen molar-refractivity contribution in [3.8, 4) is 0 Å². The van der Waals surface area contributed by atoms with Crippen molar-refractivity contribution in [1.82, 2.24) is 0 Å². The number of nitrogens with zero attached hydrogens (tertiary/aromatic N) is 4. The third kappa shape index (κ3) is 11.6. The molecule has 0 saturated heterocycles. The van der Waals surface area contributed by atoms with Gasteiger partial charge in [-0.2, -0.15) is 0 Å². The molecule has 0 aliphatic carbocycles. The zero-order chi connectivity index (χ0) is 63.8. The summed E-state index contributed by atoms with van der Waals surface area (Å²) in [5, 5.41) is 9.88. The molecule has 0 fully saturated rings. The predicted molar refractivity (Wildman–Crippen MR) is 406 cm³/mol. The zero-order valence-electron chi connectivity index (χ0n) is 54.0. The quantitative estimate of drug-likeness (QED) is 0.0543. The van der Waals surface area contributed by atoms with Crippen LogP contribution < -0.4 is 19.6 Å². The molecule has 0 atom stereocenters. The second kappa shape index (κ2) is 25.2. The zero-order valence-corrected chi connectivity index (χ0v) is 54.0. The third-order valence-corrected chi connectivity index (χ3v) is 18.4. The van der Waals surface area contributed by atoms with Crippen LogP contribution in [0.4, 0.5) is 68.2 Å². The fourth-order valence-electron chi connectivity index (χ4n) is 13.3. The molecular formula is C90H72N4.